The van der Waals surface area contributed by atoms with E-state index in [1.807, 2.05) is 39.8 Å². The fourth-order valence-corrected chi connectivity index (χ4v) is 12.0. The molecular formula is C47H76N4O. The number of hydrogen-bond donors (Lipinski definition) is 4. The minimum absolute atomic E-state index is 0.00557. The van der Waals surface area contributed by atoms with Crippen LogP contribution in [0.3, 0.4) is 0 Å². The minimum atomic E-state index is 0.00557. The van der Waals surface area contributed by atoms with Crippen LogP contribution in [0.5, 0.6) is 0 Å². The van der Waals surface area contributed by atoms with Gasteiger partial charge in [0.25, 0.3) is 0 Å². The molecule has 0 heterocycles. The molecule has 52 heavy (non-hydrogen) atoms. The number of ketones is 1. The van der Waals surface area contributed by atoms with Crippen molar-refractivity contribution in [3.8, 4) is 0 Å². The van der Waals surface area contributed by atoms with Crippen LogP contribution in [0.15, 0.2) is 78.2 Å². The molecule has 4 fully saturated rings. The summed E-state index contributed by atoms with van der Waals surface area (Å²) in [6.07, 6.45) is 21.4. The van der Waals surface area contributed by atoms with Gasteiger partial charge in [-0.25, -0.2) is 0 Å². The summed E-state index contributed by atoms with van der Waals surface area (Å²) in [6, 6.07) is 5.41. The molecule has 0 aliphatic heterocycles. The van der Waals surface area contributed by atoms with Crippen LogP contribution in [0.25, 0.3) is 0 Å². The molecule has 290 valence electrons. The number of hydrogen-bond acceptors (Lipinski definition) is 5. The molecule has 0 bridgehead atoms. The van der Waals surface area contributed by atoms with Crippen molar-refractivity contribution >= 4 is 17.2 Å². The van der Waals surface area contributed by atoms with E-state index in [1.54, 1.807) is 17.7 Å². The first kappa shape index (κ1) is 43.2. The summed E-state index contributed by atoms with van der Waals surface area (Å²) in [5, 5.41) is 0. The van der Waals surface area contributed by atoms with Gasteiger partial charge in [-0.2, -0.15) is 0 Å². The maximum absolute atomic E-state index is 13.8. The maximum Gasteiger partial charge on any atom is 0.167 e. The molecule has 5 nitrogen and oxygen atoms in total. The topological polar surface area (TPSA) is 121 Å². The summed E-state index contributed by atoms with van der Waals surface area (Å²) in [4.78, 5) is 13.8. The Kier molecular flexibility index (Phi) is 14.7. The third-order valence-electron chi connectivity index (χ3n) is 14.1. The summed E-state index contributed by atoms with van der Waals surface area (Å²) < 4.78 is 0. The van der Waals surface area contributed by atoms with Crippen LogP contribution < -0.4 is 22.9 Å². The zero-order valence-electron chi connectivity index (χ0n) is 34.8. The van der Waals surface area contributed by atoms with E-state index in [9.17, 15) is 4.79 Å². The van der Waals surface area contributed by atoms with E-state index in [0.717, 1.165) is 29.6 Å². The summed E-state index contributed by atoms with van der Waals surface area (Å²) in [5.41, 5.74) is 29.3. The lowest BCUT2D eigenvalue weighted by atomic mass is 9.46. The van der Waals surface area contributed by atoms with Crippen molar-refractivity contribution in [2.24, 2.45) is 69.1 Å². The molecule has 1 aromatic carbocycles. The molecule has 6 rings (SSSR count). The quantitative estimate of drug-likeness (QED) is 0.0879. The summed E-state index contributed by atoms with van der Waals surface area (Å²) in [6.45, 7) is 29.5. The Bertz CT molecular complexity index is 1490. The van der Waals surface area contributed by atoms with E-state index in [1.165, 1.54) is 75.9 Å². The van der Waals surface area contributed by atoms with Gasteiger partial charge in [0.1, 0.15) is 0 Å². The van der Waals surface area contributed by atoms with Crippen LogP contribution in [0, 0.1) is 57.7 Å². The molecule has 0 saturated heterocycles. The average molecular weight is 713 g/mol. The molecule has 1 aromatic rings. The van der Waals surface area contributed by atoms with Gasteiger partial charge in [0.05, 0.1) is 0 Å². The lowest BCUT2D eigenvalue weighted by Crippen LogP contribution is -2.51. The molecule has 10 unspecified atom stereocenters. The Morgan fingerprint density at radius 1 is 0.923 bits per heavy atom. The number of benzene rings is 1. The fraction of sp³-hybridized carbons (Fsp3) is 0.638. The zero-order chi connectivity index (χ0) is 39.2. The van der Waals surface area contributed by atoms with Gasteiger partial charge in [0, 0.05) is 39.7 Å². The molecule has 0 aromatic heterocycles. The predicted octanol–water partition coefficient (Wildman–Crippen LogP) is 11.8. The number of nitrogens with two attached hydrogens (primary N) is 4. The van der Waals surface area contributed by atoms with Crippen molar-refractivity contribution in [3.63, 3.8) is 0 Å². The highest BCUT2D eigenvalue weighted by molar-refractivity contribution is 6.02. The first-order valence-electron chi connectivity index (χ1n) is 20.7. The Morgan fingerprint density at radius 2 is 1.54 bits per heavy atom. The second-order valence-electron chi connectivity index (χ2n) is 17.0. The number of allylic oxidation sites excluding steroid dienone is 6. The van der Waals surface area contributed by atoms with Crippen molar-refractivity contribution in [1.29, 1.82) is 0 Å². The van der Waals surface area contributed by atoms with Gasteiger partial charge in [0.15, 0.2) is 5.78 Å². The number of anilines is 2. The third kappa shape index (κ3) is 8.29. The predicted molar refractivity (Wildman–Crippen MR) is 226 cm³/mol. The largest absolute Gasteiger partial charge is 0.399 e. The molecular weight excluding hydrogens is 637 g/mol. The van der Waals surface area contributed by atoms with Crippen molar-refractivity contribution in [1.82, 2.24) is 0 Å². The SMILES string of the molecule is C=C/C(N)=C\C(=C)N.CC.CC.CCC(CCC=C(C)C)C1CCC2C3CC=C4C(C)(CCC5C(C(=O)c6cc(N)cc(N)c6)C45C)C3CCC12C. The Hall–Kier alpha value is -3.21. The van der Waals surface area contributed by atoms with Crippen molar-refractivity contribution < 1.29 is 4.79 Å². The van der Waals surface area contributed by atoms with E-state index < -0.39 is 0 Å². The van der Waals surface area contributed by atoms with Crippen LogP contribution in [0.4, 0.5) is 11.4 Å². The number of nitrogen functional groups attached to an aromatic ring is 2. The molecule has 0 radical (unpaired) electrons. The first-order chi connectivity index (χ1) is 24.6. The highest BCUT2D eigenvalue weighted by atomic mass is 16.1. The standard InChI is InChI=1S/C37H54N2O.C6H10N2.2C2H6/c1-7-23(10-8-9-22(2)3)28-12-13-29-27-11-14-32-36(5,30(27)15-17-35(28,29)4)18-16-31-33(37(31,32)6)34(40)24-19-25(38)21-26(39)20-24;1-3-6(8)4-5(2)7;2*1-2/h9,14,19-21,23,27-31,33H,7-8,10-13,15-18,38-39H2,1-6H3;3-4H,1-2,7-8H2;2*1-2H3/b;6-4+;;. The van der Waals surface area contributed by atoms with Gasteiger partial charge in [-0.05, 0) is 148 Å². The number of carbonyl (C=O) groups is 1. The van der Waals surface area contributed by atoms with E-state index >= 15 is 0 Å². The van der Waals surface area contributed by atoms with Crippen LogP contribution in [0.2, 0.25) is 0 Å². The minimum Gasteiger partial charge on any atom is -0.399 e. The van der Waals surface area contributed by atoms with Crippen LogP contribution in [-0.4, -0.2) is 5.78 Å². The second-order valence-corrected chi connectivity index (χ2v) is 17.0. The zero-order valence-corrected chi connectivity index (χ0v) is 34.8. The molecule has 10 atom stereocenters. The van der Waals surface area contributed by atoms with Gasteiger partial charge in [-0.1, -0.05) is 98.3 Å². The summed E-state index contributed by atoms with van der Waals surface area (Å²) in [7, 11) is 0. The van der Waals surface area contributed by atoms with Gasteiger partial charge < -0.3 is 22.9 Å². The molecule has 4 saturated carbocycles. The van der Waals surface area contributed by atoms with Crippen LogP contribution >= 0.6 is 0 Å². The van der Waals surface area contributed by atoms with E-state index in [-0.39, 0.29) is 22.5 Å². The molecule has 0 spiro atoms. The Morgan fingerprint density at radius 3 is 2.08 bits per heavy atom. The lowest BCUT2D eigenvalue weighted by molar-refractivity contribution is -0.0551. The van der Waals surface area contributed by atoms with Crippen molar-refractivity contribution in [3.05, 3.63) is 83.8 Å². The lowest BCUT2D eigenvalue weighted by Gasteiger charge is -2.59. The van der Waals surface area contributed by atoms with Crippen LogP contribution in [0.1, 0.15) is 144 Å². The van der Waals surface area contributed by atoms with E-state index in [0.29, 0.717) is 39.7 Å². The normalized spacial score (nSPS) is 34.2. The van der Waals surface area contributed by atoms with Gasteiger partial charge in [-0.15, -0.1) is 0 Å². The summed E-state index contributed by atoms with van der Waals surface area (Å²) >= 11 is 0. The molecule has 0 amide bonds. The molecule has 8 N–H and O–H groups in total. The van der Waals surface area contributed by atoms with Crippen LogP contribution in [-0.2, 0) is 0 Å². The van der Waals surface area contributed by atoms with E-state index in [2.05, 4.69) is 66.9 Å². The molecule has 5 aliphatic carbocycles. The fourth-order valence-electron chi connectivity index (χ4n) is 12.0. The van der Waals surface area contributed by atoms with E-state index in [4.69, 9.17) is 22.9 Å². The van der Waals surface area contributed by atoms with Gasteiger partial charge in [0.2, 0.25) is 0 Å². The molecule has 5 aliphatic rings. The number of rotatable bonds is 9. The maximum atomic E-state index is 13.8. The Balaban J connectivity index is 0.000000533. The third-order valence-corrected chi connectivity index (χ3v) is 14.1. The summed E-state index contributed by atoms with van der Waals surface area (Å²) in [5.74, 6) is 5.00. The Labute approximate surface area is 318 Å². The highest BCUT2D eigenvalue weighted by Crippen LogP contribution is 2.77. The monoisotopic (exact) mass is 713 g/mol. The van der Waals surface area contributed by atoms with Gasteiger partial charge in [-0.3, -0.25) is 4.79 Å². The number of Topliss-reactive ketones (excluding diaryl/α,β-unsaturated/α-hetero) is 1. The average Bonchev–Trinajstić information content (AvgIpc) is 3.57. The first-order valence-corrected chi connectivity index (χ1v) is 20.7. The van der Waals surface area contributed by atoms with Crippen molar-refractivity contribution in [2.45, 2.75) is 133 Å². The van der Waals surface area contributed by atoms with Gasteiger partial charge >= 0.3 is 0 Å². The number of fused-ring (bicyclic) bond motifs is 7. The molecule has 5 heteroatoms. The van der Waals surface area contributed by atoms with Crippen molar-refractivity contribution in [2.75, 3.05) is 11.5 Å². The number of carbonyl (C=O) groups excluding carboxylic acids is 1. The second kappa shape index (κ2) is 17.7. The smallest absolute Gasteiger partial charge is 0.167 e. The highest BCUT2D eigenvalue weighted by Gasteiger charge is 2.72.